The number of hydrogen-bond donors (Lipinski definition) is 0. The van der Waals surface area contributed by atoms with Crippen LogP contribution in [0.15, 0.2) is 11.6 Å². The average Bonchev–Trinajstić information content (AvgIpc) is 2.66. The Balaban J connectivity index is 1.94. The molecular weight excluding hydrogens is 288 g/mol. The molecule has 0 bridgehead atoms. The number of methoxy groups -OCH3 is 1. The first kappa shape index (κ1) is 16.7. The lowest BCUT2D eigenvalue weighted by atomic mass is 9.46. The molecule has 3 heteroatoms. The molecule has 0 heterocycles. The number of carbonyl (C=O) groups excluding carboxylic acids is 2. The minimum atomic E-state index is -0.331. The van der Waals surface area contributed by atoms with Gasteiger partial charge in [0.05, 0.1) is 7.11 Å². The van der Waals surface area contributed by atoms with E-state index in [4.69, 9.17) is 4.74 Å². The van der Waals surface area contributed by atoms with Crippen molar-refractivity contribution in [2.24, 2.45) is 28.6 Å². The molecule has 0 amide bonds. The Morgan fingerprint density at radius 3 is 2.65 bits per heavy atom. The van der Waals surface area contributed by atoms with E-state index in [9.17, 15) is 9.59 Å². The molecule has 3 rings (SSSR count). The second-order valence-electron chi connectivity index (χ2n) is 8.79. The molecule has 2 saturated carbocycles. The van der Waals surface area contributed by atoms with E-state index in [1.54, 1.807) is 0 Å². The van der Waals surface area contributed by atoms with Gasteiger partial charge in [-0.3, -0.25) is 4.79 Å². The van der Waals surface area contributed by atoms with Crippen LogP contribution in [-0.2, 0) is 14.3 Å². The third kappa shape index (κ3) is 2.66. The normalized spacial score (nSPS) is 39.6. The second kappa shape index (κ2) is 5.75. The molecule has 3 nitrogen and oxygen atoms in total. The molecule has 0 aromatic heterocycles. The fourth-order valence-electron chi connectivity index (χ4n) is 6.10. The maximum atomic E-state index is 12.8. The van der Waals surface area contributed by atoms with Crippen LogP contribution in [0.5, 0.6) is 0 Å². The van der Waals surface area contributed by atoms with Crippen LogP contribution in [0.4, 0.5) is 0 Å². The number of allylic oxidation sites excluding steroid dienone is 1. The lowest BCUT2D eigenvalue weighted by Crippen LogP contribution is -2.52. The van der Waals surface area contributed by atoms with Gasteiger partial charge in [0.15, 0.2) is 0 Å². The highest BCUT2D eigenvalue weighted by Gasteiger charge is 2.55. The van der Waals surface area contributed by atoms with Gasteiger partial charge >= 0.3 is 5.97 Å². The van der Waals surface area contributed by atoms with Gasteiger partial charge in [-0.05, 0) is 54.8 Å². The first-order chi connectivity index (χ1) is 10.8. The van der Waals surface area contributed by atoms with Gasteiger partial charge in [-0.1, -0.05) is 33.3 Å². The number of rotatable bonds is 1. The number of esters is 1. The molecule has 0 saturated heterocycles. The summed E-state index contributed by atoms with van der Waals surface area (Å²) in [6, 6.07) is 0. The Bertz CT molecular complexity index is 545. The summed E-state index contributed by atoms with van der Waals surface area (Å²) in [5, 5.41) is 0. The lowest BCUT2D eigenvalue weighted by molar-refractivity contribution is -0.140. The molecule has 0 spiro atoms. The summed E-state index contributed by atoms with van der Waals surface area (Å²) < 4.78 is 4.85. The van der Waals surface area contributed by atoms with Crippen molar-refractivity contribution in [1.82, 2.24) is 0 Å². The van der Waals surface area contributed by atoms with Crippen molar-refractivity contribution in [2.45, 2.75) is 65.7 Å². The number of Topliss-reactive ketones (excluding diaryl/α,β-unsaturated/α-hetero) is 1. The summed E-state index contributed by atoms with van der Waals surface area (Å²) in [5.74, 6) is 1.12. The first-order valence-corrected chi connectivity index (χ1v) is 9.09. The zero-order chi connectivity index (χ0) is 16.8. The van der Waals surface area contributed by atoms with E-state index < -0.39 is 0 Å². The van der Waals surface area contributed by atoms with Gasteiger partial charge in [-0.2, -0.15) is 0 Å². The zero-order valence-electron chi connectivity index (χ0n) is 15.0. The van der Waals surface area contributed by atoms with E-state index in [0.29, 0.717) is 22.8 Å². The molecule has 23 heavy (non-hydrogen) atoms. The van der Waals surface area contributed by atoms with Crippen molar-refractivity contribution in [3.05, 3.63) is 11.6 Å². The van der Waals surface area contributed by atoms with Crippen molar-refractivity contribution < 1.29 is 14.3 Å². The molecule has 0 radical (unpaired) electrons. The number of ether oxygens (including phenoxy) is 1. The van der Waals surface area contributed by atoms with Crippen LogP contribution in [0.25, 0.3) is 0 Å². The van der Waals surface area contributed by atoms with E-state index in [1.807, 2.05) is 6.08 Å². The Kier molecular flexibility index (Phi) is 4.18. The minimum Gasteiger partial charge on any atom is -0.466 e. The summed E-state index contributed by atoms with van der Waals surface area (Å²) in [7, 11) is 1.40. The van der Waals surface area contributed by atoms with Crippen LogP contribution in [0.3, 0.4) is 0 Å². The van der Waals surface area contributed by atoms with Crippen LogP contribution in [-0.4, -0.2) is 18.9 Å². The second-order valence-corrected chi connectivity index (χ2v) is 8.79. The van der Waals surface area contributed by atoms with E-state index in [-0.39, 0.29) is 29.5 Å². The summed E-state index contributed by atoms with van der Waals surface area (Å²) >= 11 is 0. The summed E-state index contributed by atoms with van der Waals surface area (Å²) in [6.07, 6.45) is 9.04. The highest BCUT2D eigenvalue weighted by atomic mass is 16.5. The van der Waals surface area contributed by atoms with Crippen LogP contribution in [0.2, 0.25) is 0 Å². The molecule has 3 aliphatic carbocycles. The van der Waals surface area contributed by atoms with Crippen molar-refractivity contribution in [3.63, 3.8) is 0 Å². The maximum absolute atomic E-state index is 12.8. The quantitative estimate of drug-likeness (QED) is 0.677. The van der Waals surface area contributed by atoms with E-state index in [1.165, 1.54) is 26.4 Å². The fourth-order valence-corrected chi connectivity index (χ4v) is 6.10. The Labute approximate surface area is 139 Å². The Hall–Kier alpha value is -1.12. The molecule has 0 N–H and O–H groups in total. The first-order valence-electron chi connectivity index (χ1n) is 9.09. The van der Waals surface area contributed by atoms with Crippen molar-refractivity contribution in [2.75, 3.05) is 7.11 Å². The summed E-state index contributed by atoms with van der Waals surface area (Å²) in [6.45, 7) is 7.23. The topological polar surface area (TPSA) is 43.4 Å². The van der Waals surface area contributed by atoms with Crippen LogP contribution in [0.1, 0.15) is 65.7 Å². The SMILES string of the molecule is COC(=O)C1=CC[C@H]2[C@H](CCC3C(C)(C)CCC[C@@]32C)C(=O)C1. The number of ketones is 1. The number of carbonyl (C=O) groups is 2. The fraction of sp³-hybridized carbons (Fsp3) is 0.800. The molecule has 1 unspecified atom stereocenters. The predicted molar refractivity (Wildman–Crippen MR) is 89.8 cm³/mol. The predicted octanol–water partition coefficient (Wildman–Crippen LogP) is 4.31. The molecule has 0 aromatic rings. The third-order valence-electron chi connectivity index (χ3n) is 7.22. The van der Waals surface area contributed by atoms with Crippen LogP contribution in [0, 0.1) is 28.6 Å². The van der Waals surface area contributed by atoms with Gasteiger partial charge in [-0.15, -0.1) is 0 Å². The Morgan fingerprint density at radius 1 is 1.22 bits per heavy atom. The van der Waals surface area contributed by atoms with E-state index in [0.717, 1.165) is 19.3 Å². The molecule has 0 aromatic carbocycles. The van der Waals surface area contributed by atoms with Crippen molar-refractivity contribution in [1.29, 1.82) is 0 Å². The monoisotopic (exact) mass is 318 g/mol. The molecule has 0 aliphatic heterocycles. The van der Waals surface area contributed by atoms with Gasteiger partial charge in [0.2, 0.25) is 0 Å². The van der Waals surface area contributed by atoms with Gasteiger partial charge in [0, 0.05) is 17.9 Å². The average molecular weight is 318 g/mol. The van der Waals surface area contributed by atoms with E-state index in [2.05, 4.69) is 20.8 Å². The van der Waals surface area contributed by atoms with Crippen molar-refractivity contribution >= 4 is 11.8 Å². The number of fused-ring (bicyclic) bond motifs is 3. The van der Waals surface area contributed by atoms with Crippen LogP contribution >= 0.6 is 0 Å². The zero-order valence-corrected chi connectivity index (χ0v) is 15.0. The molecule has 2 fully saturated rings. The van der Waals surface area contributed by atoms with Gasteiger partial charge in [0.1, 0.15) is 5.78 Å². The highest BCUT2D eigenvalue weighted by molar-refractivity contribution is 5.97. The standard InChI is InChI=1S/C20H30O3/c1-19(2)10-5-11-20(3)15-8-6-13(18(22)23-4)12-16(21)14(15)7-9-17(19)20/h6,14-15,17H,5,7-12H2,1-4H3/t14-,15-,17?,20+/m0/s1. The highest BCUT2D eigenvalue weighted by Crippen LogP contribution is 2.62. The molecule has 128 valence electrons. The number of hydrogen-bond acceptors (Lipinski definition) is 3. The maximum Gasteiger partial charge on any atom is 0.333 e. The summed E-state index contributed by atoms with van der Waals surface area (Å²) in [4.78, 5) is 24.7. The van der Waals surface area contributed by atoms with E-state index >= 15 is 0 Å². The summed E-state index contributed by atoms with van der Waals surface area (Å²) in [5.41, 5.74) is 1.16. The van der Waals surface area contributed by atoms with Gasteiger partial charge < -0.3 is 4.74 Å². The molecular formula is C20H30O3. The molecule has 4 atom stereocenters. The third-order valence-corrected chi connectivity index (χ3v) is 7.22. The van der Waals surface area contributed by atoms with Gasteiger partial charge in [-0.25, -0.2) is 4.79 Å². The van der Waals surface area contributed by atoms with Gasteiger partial charge in [0.25, 0.3) is 0 Å². The van der Waals surface area contributed by atoms with Crippen LogP contribution < -0.4 is 0 Å². The molecule has 3 aliphatic rings. The minimum absolute atomic E-state index is 0.128. The van der Waals surface area contributed by atoms with Crippen molar-refractivity contribution in [3.8, 4) is 0 Å². The smallest absolute Gasteiger partial charge is 0.333 e. The largest absolute Gasteiger partial charge is 0.466 e. The Morgan fingerprint density at radius 2 is 1.96 bits per heavy atom. The lowest BCUT2D eigenvalue weighted by Gasteiger charge is -2.59.